The van der Waals surface area contributed by atoms with E-state index < -0.39 is 58.9 Å². The first-order valence-corrected chi connectivity index (χ1v) is 15.4. The molecule has 0 spiro atoms. The van der Waals surface area contributed by atoms with E-state index in [9.17, 15) is 32.0 Å². The molecule has 0 saturated carbocycles. The lowest BCUT2D eigenvalue weighted by molar-refractivity contribution is -0.139. The molecule has 2 aliphatic heterocycles. The molecule has 2 aromatic rings. The molecule has 3 aliphatic rings. The molecule has 47 heavy (non-hydrogen) atoms. The van der Waals surface area contributed by atoms with Gasteiger partial charge in [0.2, 0.25) is 0 Å². The third kappa shape index (κ3) is 6.83. The lowest BCUT2D eigenvalue weighted by atomic mass is 9.73. The molecule has 1 aromatic carbocycles. The number of nitrogens with zero attached hydrogens (tertiary/aromatic N) is 6. The minimum atomic E-state index is -4.83. The predicted octanol–water partition coefficient (Wildman–Crippen LogP) is 4.88. The number of likely N-dealkylation sites (tertiary alicyclic amines) is 1. The van der Waals surface area contributed by atoms with Gasteiger partial charge in [-0.1, -0.05) is 13.5 Å². The van der Waals surface area contributed by atoms with Crippen molar-refractivity contribution in [2.45, 2.75) is 69.9 Å². The minimum absolute atomic E-state index is 0.0498. The van der Waals surface area contributed by atoms with Crippen LogP contribution in [0, 0.1) is 30.0 Å². The van der Waals surface area contributed by atoms with E-state index in [4.69, 9.17) is 10.5 Å². The number of likely N-dealkylation sites (N-methyl/N-ethyl adjacent to an activating group) is 1. The summed E-state index contributed by atoms with van der Waals surface area (Å²) in [5.74, 6) is -4.23. The number of rotatable bonds is 7. The number of halogens is 6. The van der Waals surface area contributed by atoms with Gasteiger partial charge in [0.1, 0.15) is 24.4 Å². The van der Waals surface area contributed by atoms with Crippen LogP contribution in [0.1, 0.15) is 53.6 Å². The van der Waals surface area contributed by atoms with Gasteiger partial charge < -0.3 is 20.3 Å². The van der Waals surface area contributed by atoms with E-state index in [1.807, 2.05) is 15.9 Å². The molecule has 2 saturated heterocycles. The molecule has 2 fully saturated rings. The predicted molar refractivity (Wildman–Crippen MR) is 162 cm³/mol. The Bertz CT molecular complexity index is 1600. The van der Waals surface area contributed by atoms with Crippen LogP contribution in [-0.2, 0) is 23.8 Å². The molecule has 0 radical (unpaired) electrons. The SMILES string of the molecule is C=C(F)C(=O)N1CCN(c2nc(OC[C@@H]3C[C@@H](F)CN3C)nc3c2C[C@H](C)C(c2c(F)c(N)cc(C)c2C(F)(F)F)C3)C[C@H]1CC#N. The number of aromatic nitrogens is 2. The maximum atomic E-state index is 15.6. The molecule has 1 aliphatic carbocycles. The summed E-state index contributed by atoms with van der Waals surface area (Å²) >= 11 is 0. The first-order chi connectivity index (χ1) is 22.1. The van der Waals surface area contributed by atoms with E-state index in [-0.39, 0.29) is 81.8 Å². The highest BCUT2D eigenvalue weighted by Crippen LogP contribution is 2.47. The van der Waals surface area contributed by atoms with E-state index in [1.165, 1.54) is 11.8 Å². The topological polar surface area (TPSA) is 112 Å². The van der Waals surface area contributed by atoms with Crippen molar-refractivity contribution in [3.05, 3.63) is 52.2 Å². The summed E-state index contributed by atoms with van der Waals surface area (Å²) in [4.78, 5) is 26.6. The number of amides is 1. The number of aryl methyl sites for hydroxylation is 1. The summed E-state index contributed by atoms with van der Waals surface area (Å²) in [5, 5.41) is 9.46. The van der Waals surface area contributed by atoms with Crippen molar-refractivity contribution in [3.63, 3.8) is 0 Å². The first kappa shape index (κ1) is 34.3. The lowest BCUT2D eigenvalue weighted by Crippen LogP contribution is -2.55. The lowest BCUT2D eigenvalue weighted by Gasteiger charge is -2.42. The number of fused-ring (bicyclic) bond motifs is 1. The van der Waals surface area contributed by atoms with E-state index in [0.29, 0.717) is 17.1 Å². The van der Waals surface area contributed by atoms with Crippen LogP contribution >= 0.6 is 0 Å². The third-order valence-electron chi connectivity index (χ3n) is 9.50. The summed E-state index contributed by atoms with van der Waals surface area (Å²) < 4.78 is 92.4. The Labute approximate surface area is 269 Å². The number of anilines is 2. The smallest absolute Gasteiger partial charge is 0.417 e. The highest BCUT2D eigenvalue weighted by Gasteiger charge is 2.43. The van der Waals surface area contributed by atoms with Crippen molar-refractivity contribution in [1.29, 1.82) is 5.26 Å². The van der Waals surface area contributed by atoms with E-state index in [2.05, 4.69) is 16.5 Å². The quantitative estimate of drug-likeness (QED) is 0.253. The molecule has 2 N–H and O–H groups in total. The van der Waals surface area contributed by atoms with Crippen LogP contribution in [0.4, 0.5) is 37.8 Å². The van der Waals surface area contributed by atoms with Crippen LogP contribution in [0.3, 0.4) is 0 Å². The Morgan fingerprint density at radius 2 is 1.94 bits per heavy atom. The number of piperazine rings is 1. The summed E-state index contributed by atoms with van der Waals surface area (Å²) in [6.07, 6.45) is -5.61. The van der Waals surface area contributed by atoms with Crippen molar-refractivity contribution in [1.82, 2.24) is 19.8 Å². The first-order valence-electron chi connectivity index (χ1n) is 15.4. The molecule has 3 heterocycles. The van der Waals surface area contributed by atoms with Gasteiger partial charge in [0.05, 0.1) is 35.5 Å². The molecule has 1 aromatic heterocycles. The molecule has 9 nitrogen and oxygen atoms in total. The number of nitrogens with two attached hydrogens (primary N) is 1. The molecule has 1 amide bonds. The van der Waals surface area contributed by atoms with Crippen LogP contribution in [0.15, 0.2) is 18.5 Å². The molecule has 254 valence electrons. The summed E-state index contributed by atoms with van der Waals surface area (Å²) in [7, 11) is 1.77. The number of alkyl halides is 4. The zero-order valence-corrected chi connectivity index (χ0v) is 26.4. The highest BCUT2D eigenvalue weighted by atomic mass is 19.4. The van der Waals surface area contributed by atoms with Crippen LogP contribution in [0.5, 0.6) is 6.01 Å². The van der Waals surface area contributed by atoms with Gasteiger partial charge in [-0.15, -0.1) is 0 Å². The van der Waals surface area contributed by atoms with Gasteiger partial charge in [0.25, 0.3) is 5.91 Å². The van der Waals surface area contributed by atoms with Crippen molar-refractivity contribution < 1.29 is 35.9 Å². The van der Waals surface area contributed by atoms with Crippen LogP contribution in [0.2, 0.25) is 0 Å². The van der Waals surface area contributed by atoms with Crippen LogP contribution < -0.4 is 15.4 Å². The number of hydrogen-bond acceptors (Lipinski definition) is 8. The zero-order valence-electron chi connectivity index (χ0n) is 26.4. The van der Waals surface area contributed by atoms with Crippen molar-refractivity contribution in [3.8, 4) is 12.1 Å². The van der Waals surface area contributed by atoms with Crippen LogP contribution in [-0.4, -0.2) is 83.8 Å². The number of nitrogen functional groups attached to an aromatic ring is 1. The molecule has 5 rings (SSSR count). The highest BCUT2D eigenvalue weighted by molar-refractivity contribution is 5.91. The fraction of sp³-hybridized carbons (Fsp3) is 0.562. The van der Waals surface area contributed by atoms with E-state index in [1.54, 1.807) is 14.0 Å². The second-order valence-corrected chi connectivity index (χ2v) is 12.7. The monoisotopic (exact) mass is 665 g/mol. The maximum absolute atomic E-state index is 15.6. The normalized spacial score (nSPS) is 25.0. The molecule has 0 bridgehead atoms. The second-order valence-electron chi connectivity index (χ2n) is 12.7. The molecular formula is C32H37F6N7O2. The Kier molecular flexibility index (Phi) is 9.64. The van der Waals surface area contributed by atoms with Gasteiger partial charge in [-0.25, -0.2) is 13.2 Å². The van der Waals surface area contributed by atoms with Gasteiger partial charge in [-0.3, -0.25) is 9.69 Å². The Hall–Kier alpha value is -4.06. The fourth-order valence-corrected chi connectivity index (χ4v) is 7.16. The van der Waals surface area contributed by atoms with Crippen molar-refractivity contribution in [2.24, 2.45) is 5.92 Å². The molecular weight excluding hydrogens is 628 g/mol. The van der Waals surface area contributed by atoms with Gasteiger partial charge in [-0.2, -0.15) is 28.4 Å². The average Bonchev–Trinajstić information content (AvgIpc) is 3.32. The third-order valence-corrected chi connectivity index (χ3v) is 9.50. The second kappa shape index (κ2) is 13.2. The number of carbonyl (C=O) groups is 1. The fourth-order valence-electron chi connectivity index (χ4n) is 7.16. The van der Waals surface area contributed by atoms with Gasteiger partial charge in [0.15, 0.2) is 5.83 Å². The number of hydrogen-bond donors (Lipinski definition) is 1. The number of benzene rings is 1. The zero-order chi connectivity index (χ0) is 34.4. The van der Waals surface area contributed by atoms with Crippen molar-refractivity contribution >= 4 is 17.4 Å². The van der Waals surface area contributed by atoms with E-state index in [0.717, 1.165) is 6.07 Å². The summed E-state index contributed by atoms with van der Waals surface area (Å²) in [5.41, 5.74) is 4.67. The number of carbonyl (C=O) groups excluding carboxylic acids is 1. The Morgan fingerprint density at radius 3 is 2.55 bits per heavy atom. The minimum Gasteiger partial charge on any atom is -0.462 e. The molecule has 5 atom stereocenters. The standard InChI is InChI=1S/C32H37F6N7O2/c1-16-9-23-25(12-22(16)26-27(32(36,37)38)17(2)10-24(40)28(26)35)41-31(47-15-21-11-19(34)13-43(21)4)42-29(23)44-7-8-45(30(46)18(3)33)20(14-44)5-6-39/h10,16,19-22H,3,5,7-9,11-15,40H2,1-2,4H3/t16-,19+,20+,21-,22?/m0/s1. The summed E-state index contributed by atoms with van der Waals surface area (Å²) in [6, 6.07) is 1.96. The van der Waals surface area contributed by atoms with Crippen LogP contribution in [0.25, 0.3) is 0 Å². The van der Waals surface area contributed by atoms with Gasteiger partial charge in [-0.05, 0) is 56.7 Å². The number of ether oxygens (including phenoxy) is 1. The van der Waals surface area contributed by atoms with Crippen molar-refractivity contribution in [2.75, 3.05) is 50.5 Å². The number of nitriles is 1. The maximum Gasteiger partial charge on any atom is 0.417 e. The summed E-state index contributed by atoms with van der Waals surface area (Å²) in [6.45, 7) is 6.70. The largest absolute Gasteiger partial charge is 0.462 e. The average molecular weight is 666 g/mol. The molecule has 1 unspecified atom stereocenters. The van der Waals surface area contributed by atoms with E-state index >= 15 is 4.39 Å². The Morgan fingerprint density at radius 1 is 1.21 bits per heavy atom. The Balaban J connectivity index is 1.56. The van der Waals surface area contributed by atoms with Gasteiger partial charge >= 0.3 is 12.2 Å². The van der Waals surface area contributed by atoms with Gasteiger partial charge in [0, 0.05) is 43.3 Å². The molecule has 15 heteroatoms.